The van der Waals surface area contributed by atoms with Crippen LogP contribution in [0, 0.1) is 0 Å². The minimum atomic E-state index is 0.0578. The van der Waals surface area contributed by atoms with Crippen LogP contribution in [0.1, 0.15) is 24.2 Å². The van der Waals surface area contributed by atoms with Crippen molar-refractivity contribution in [2.24, 2.45) is 0 Å². The molecule has 138 valence electrons. The lowest BCUT2D eigenvalue weighted by molar-refractivity contribution is -0.888. The standard InChI is InChI=1S/C9H22NO2.C9H10O3/c1-5-10(2,3)6-7-12-9-8-11-4;1-2-12-9-5-7(6-10)3-4-8(9)11/h5-9H2,1-4H3;3-6,11H,2H2,1H3/q+1;. The second-order valence-electron chi connectivity index (χ2n) is 5.86. The molecule has 1 rings (SSSR count). The minimum Gasteiger partial charge on any atom is -0.504 e. The number of likely N-dealkylation sites (N-methyl/N-ethyl adjacent to an activating group) is 1. The Kier molecular flexibility index (Phi) is 11.9. The van der Waals surface area contributed by atoms with Gasteiger partial charge in [-0.25, -0.2) is 0 Å². The lowest BCUT2D eigenvalue weighted by Crippen LogP contribution is -2.42. The van der Waals surface area contributed by atoms with Crippen molar-refractivity contribution < 1.29 is 28.6 Å². The van der Waals surface area contributed by atoms with E-state index in [9.17, 15) is 9.90 Å². The van der Waals surface area contributed by atoms with E-state index in [-0.39, 0.29) is 5.75 Å². The molecule has 0 fully saturated rings. The molecule has 1 aromatic rings. The molecule has 0 unspecified atom stereocenters. The first-order valence-electron chi connectivity index (χ1n) is 8.19. The molecule has 0 saturated carbocycles. The number of phenols is 1. The zero-order chi connectivity index (χ0) is 18.4. The van der Waals surface area contributed by atoms with E-state index in [1.807, 2.05) is 6.92 Å². The van der Waals surface area contributed by atoms with Crippen molar-refractivity contribution in [2.45, 2.75) is 13.8 Å². The number of methoxy groups -OCH3 is 1. The van der Waals surface area contributed by atoms with Gasteiger partial charge in [0.15, 0.2) is 11.5 Å². The molecule has 0 amide bonds. The highest BCUT2D eigenvalue weighted by molar-refractivity contribution is 5.76. The molecule has 0 spiro atoms. The summed E-state index contributed by atoms with van der Waals surface area (Å²) >= 11 is 0. The molecule has 0 atom stereocenters. The van der Waals surface area contributed by atoms with E-state index >= 15 is 0 Å². The fourth-order valence-corrected chi connectivity index (χ4v) is 1.59. The maximum atomic E-state index is 10.3. The summed E-state index contributed by atoms with van der Waals surface area (Å²) in [6.07, 6.45) is 0.710. The molecule has 0 saturated heterocycles. The third kappa shape index (κ3) is 10.2. The molecule has 1 aromatic carbocycles. The molecule has 6 nitrogen and oxygen atoms in total. The summed E-state index contributed by atoms with van der Waals surface area (Å²) in [5.41, 5.74) is 0.497. The quantitative estimate of drug-likeness (QED) is 0.402. The van der Waals surface area contributed by atoms with Crippen molar-refractivity contribution in [3.05, 3.63) is 23.8 Å². The van der Waals surface area contributed by atoms with Crippen LogP contribution in [0.25, 0.3) is 0 Å². The lowest BCUT2D eigenvalue weighted by Gasteiger charge is -2.27. The molecule has 0 bridgehead atoms. The number of phenolic OH excluding ortho intramolecular Hbond substituents is 1. The average Bonchev–Trinajstić information content (AvgIpc) is 2.57. The Labute approximate surface area is 145 Å². The van der Waals surface area contributed by atoms with Crippen LogP contribution < -0.4 is 4.74 Å². The maximum Gasteiger partial charge on any atom is 0.161 e. The fourth-order valence-electron chi connectivity index (χ4n) is 1.59. The van der Waals surface area contributed by atoms with Crippen LogP contribution in [0.5, 0.6) is 11.5 Å². The summed E-state index contributed by atoms with van der Waals surface area (Å²) in [6, 6.07) is 4.48. The second-order valence-corrected chi connectivity index (χ2v) is 5.86. The summed E-state index contributed by atoms with van der Waals surface area (Å²) in [5, 5.41) is 9.22. The van der Waals surface area contributed by atoms with Crippen molar-refractivity contribution in [3.63, 3.8) is 0 Å². The van der Waals surface area contributed by atoms with Crippen LogP contribution in [0.15, 0.2) is 18.2 Å². The summed E-state index contributed by atoms with van der Waals surface area (Å²) < 4.78 is 16.3. The van der Waals surface area contributed by atoms with E-state index in [4.69, 9.17) is 14.2 Å². The van der Waals surface area contributed by atoms with Crippen molar-refractivity contribution in [3.8, 4) is 11.5 Å². The van der Waals surface area contributed by atoms with Gasteiger partial charge in [0.25, 0.3) is 0 Å². The first-order chi connectivity index (χ1) is 11.4. The van der Waals surface area contributed by atoms with E-state index in [0.29, 0.717) is 37.4 Å². The van der Waals surface area contributed by atoms with Crippen LogP contribution in [0.2, 0.25) is 0 Å². The van der Waals surface area contributed by atoms with Crippen LogP contribution in [0.4, 0.5) is 0 Å². The highest BCUT2D eigenvalue weighted by Crippen LogP contribution is 2.25. The average molecular weight is 342 g/mol. The molecule has 1 N–H and O–H groups in total. The van der Waals surface area contributed by atoms with Gasteiger partial charge in [-0.1, -0.05) is 0 Å². The van der Waals surface area contributed by atoms with E-state index in [2.05, 4.69) is 21.0 Å². The Morgan fingerprint density at radius 1 is 1.17 bits per heavy atom. The number of quaternary nitrogens is 1. The third-order valence-electron chi connectivity index (χ3n) is 3.55. The number of carbonyl (C=O) groups excluding carboxylic acids is 1. The minimum absolute atomic E-state index is 0.0578. The molecular weight excluding hydrogens is 310 g/mol. The fraction of sp³-hybridized carbons (Fsp3) is 0.611. The Morgan fingerprint density at radius 3 is 2.42 bits per heavy atom. The van der Waals surface area contributed by atoms with Crippen LogP contribution in [-0.4, -0.2) is 76.6 Å². The van der Waals surface area contributed by atoms with Gasteiger partial charge < -0.3 is 23.8 Å². The summed E-state index contributed by atoms with van der Waals surface area (Å²) in [5.74, 6) is 0.407. The predicted molar refractivity (Wildman–Crippen MR) is 94.9 cm³/mol. The highest BCUT2D eigenvalue weighted by atomic mass is 16.5. The number of ether oxygens (including phenoxy) is 3. The zero-order valence-electron chi connectivity index (χ0n) is 15.6. The van der Waals surface area contributed by atoms with Crippen LogP contribution in [-0.2, 0) is 9.47 Å². The van der Waals surface area contributed by atoms with E-state index in [1.165, 1.54) is 18.2 Å². The van der Waals surface area contributed by atoms with Gasteiger partial charge in [0.05, 0.1) is 47.1 Å². The monoisotopic (exact) mass is 342 g/mol. The van der Waals surface area contributed by atoms with Gasteiger partial charge in [-0.15, -0.1) is 0 Å². The molecule has 0 aliphatic carbocycles. The third-order valence-corrected chi connectivity index (χ3v) is 3.55. The molecule has 0 aromatic heterocycles. The normalized spacial score (nSPS) is 10.7. The van der Waals surface area contributed by atoms with Gasteiger partial charge in [-0.2, -0.15) is 0 Å². The first-order valence-corrected chi connectivity index (χ1v) is 8.19. The molecule has 0 aliphatic heterocycles. The topological polar surface area (TPSA) is 65.0 Å². The van der Waals surface area contributed by atoms with Crippen LogP contribution >= 0.6 is 0 Å². The van der Waals surface area contributed by atoms with Gasteiger partial charge in [0.1, 0.15) is 12.8 Å². The van der Waals surface area contributed by atoms with E-state index < -0.39 is 0 Å². The summed E-state index contributed by atoms with van der Waals surface area (Å²) in [7, 11) is 6.11. The number of hydrogen-bond donors (Lipinski definition) is 1. The number of nitrogens with zero attached hydrogens (tertiary/aromatic N) is 1. The Hall–Kier alpha value is -1.63. The number of carbonyl (C=O) groups is 1. The van der Waals surface area contributed by atoms with Gasteiger partial charge in [0.2, 0.25) is 0 Å². The van der Waals surface area contributed by atoms with Gasteiger partial charge >= 0.3 is 0 Å². The van der Waals surface area contributed by atoms with Gasteiger partial charge in [-0.05, 0) is 32.0 Å². The SMILES string of the molecule is CCOc1cc(C=O)ccc1O.CC[N+](C)(C)CCOCCOC. The van der Waals surface area contributed by atoms with Crippen molar-refractivity contribution >= 4 is 6.29 Å². The second kappa shape index (κ2) is 12.8. The first kappa shape index (κ1) is 22.4. The largest absolute Gasteiger partial charge is 0.504 e. The zero-order valence-corrected chi connectivity index (χ0v) is 15.6. The summed E-state index contributed by atoms with van der Waals surface area (Å²) in [4.78, 5) is 10.3. The van der Waals surface area contributed by atoms with Gasteiger partial charge in [-0.3, -0.25) is 4.79 Å². The number of benzene rings is 1. The van der Waals surface area contributed by atoms with Crippen molar-refractivity contribution in [1.29, 1.82) is 0 Å². The molecule has 0 aliphatic rings. The summed E-state index contributed by atoms with van der Waals surface area (Å²) in [6.45, 7) is 8.91. The van der Waals surface area contributed by atoms with E-state index in [0.717, 1.165) is 24.2 Å². The molecule has 24 heavy (non-hydrogen) atoms. The molecule has 0 heterocycles. The van der Waals surface area contributed by atoms with Crippen molar-refractivity contribution in [1.82, 2.24) is 0 Å². The molecule has 0 radical (unpaired) electrons. The van der Waals surface area contributed by atoms with E-state index in [1.54, 1.807) is 7.11 Å². The maximum absolute atomic E-state index is 10.3. The van der Waals surface area contributed by atoms with Crippen molar-refractivity contribution in [2.75, 3.05) is 60.7 Å². The Morgan fingerprint density at radius 2 is 1.88 bits per heavy atom. The number of hydrogen-bond acceptors (Lipinski definition) is 5. The van der Waals surface area contributed by atoms with Crippen LogP contribution in [0.3, 0.4) is 0 Å². The highest BCUT2D eigenvalue weighted by Gasteiger charge is 2.10. The lowest BCUT2D eigenvalue weighted by atomic mass is 10.2. The predicted octanol–water partition coefficient (Wildman–Crippen LogP) is 2.35. The Balaban J connectivity index is 0.000000441. The number of aromatic hydroxyl groups is 1. The number of aldehydes is 1. The smallest absolute Gasteiger partial charge is 0.161 e. The van der Waals surface area contributed by atoms with Gasteiger partial charge in [0, 0.05) is 12.7 Å². The molecule has 6 heteroatoms. The Bertz CT molecular complexity index is 463. The molecular formula is C18H32NO5+. The number of rotatable bonds is 10.